The van der Waals surface area contributed by atoms with Crippen molar-refractivity contribution in [3.63, 3.8) is 0 Å². The number of hydrogen-bond acceptors (Lipinski definition) is 4. The third-order valence-electron chi connectivity index (χ3n) is 6.62. The maximum atomic E-state index is 14.7. The van der Waals surface area contributed by atoms with Gasteiger partial charge >= 0.3 is 0 Å². The summed E-state index contributed by atoms with van der Waals surface area (Å²) in [5.74, 6) is -1.64. The Kier molecular flexibility index (Phi) is 4.13. The molecule has 2 aromatic heterocycles. The highest BCUT2D eigenvalue weighted by molar-refractivity contribution is 6.29. The molecule has 0 saturated heterocycles. The van der Waals surface area contributed by atoms with Gasteiger partial charge in [0, 0.05) is 27.5 Å². The first-order chi connectivity index (χ1) is 16.4. The van der Waals surface area contributed by atoms with Crippen molar-refractivity contribution in [1.29, 1.82) is 0 Å². The summed E-state index contributed by atoms with van der Waals surface area (Å²) in [7, 11) is 0. The van der Waals surface area contributed by atoms with E-state index in [1.165, 1.54) is 24.0 Å². The Morgan fingerprint density at radius 2 is 1.71 bits per heavy atom. The second-order valence-corrected chi connectivity index (χ2v) is 8.57. The molecule has 6 rings (SSSR count). The maximum absolute atomic E-state index is 14.7. The maximum Gasteiger partial charge on any atom is 0.250 e. The lowest BCUT2D eigenvalue weighted by Crippen LogP contribution is -2.43. The quantitative estimate of drug-likeness (QED) is 0.223. The summed E-state index contributed by atoms with van der Waals surface area (Å²) in [4.78, 5) is 36.8. The van der Waals surface area contributed by atoms with Crippen LogP contribution in [0.15, 0.2) is 79.0 Å². The summed E-state index contributed by atoms with van der Waals surface area (Å²) in [5.41, 5.74) is 7.57. The number of aromatic nitrogens is 2. The largest absolute Gasteiger partial charge is 0.398 e. The zero-order chi connectivity index (χ0) is 23.6. The summed E-state index contributed by atoms with van der Waals surface area (Å²) in [6, 6.07) is 20.4. The minimum Gasteiger partial charge on any atom is -0.398 e. The Hall–Kier alpha value is -4.52. The van der Waals surface area contributed by atoms with Crippen LogP contribution >= 0.6 is 0 Å². The van der Waals surface area contributed by atoms with E-state index < -0.39 is 22.9 Å². The number of nitrogens with one attached hydrogen (secondary N) is 1. The van der Waals surface area contributed by atoms with Gasteiger partial charge in [-0.05, 0) is 43.3 Å². The van der Waals surface area contributed by atoms with Gasteiger partial charge in [0.15, 0.2) is 0 Å². The number of fused-ring (bicyclic) bond motifs is 4. The van der Waals surface area contributed by atoms with Crippen molar-refractivity contribution in [1.82, 2.24) is 9.97 Å². The molecule has 1 aliphatic heterocycles. The Balaban J connectivity index is 1.55. The van der Waals surface area contributed by atoms with E-state index in [-0.39, 0.29) is 17.1 Å². The smallest absolute Gasteiger partial charge is 0.250 e. The molecule has 1 aliphatic rings. The van der Waals surface area contributed by atoms with Crippen LogP contribution in [0.1, 0.15) is 23.0 Å². The van der Waals surface area contributed by atoms with Crippen LogP contribution in [-0.2, 0) is 10.2 Å². The summed E-state index contributed by atoms with van der Waals surface area (Å²) < 4.78 is 14.7. The fraction of sp³-hybridized carbons (Fsp3) is 0.0741. The summed E-state index contributed by atoms with van der Waals surface area (Å²) >= 11 is 0. The van der Waals surface area contributed by atoms with Gasteiger partial charge < -0.3 is 10.7 Å². The monoisotopic (exact) mass is 450 g/mol. The van der Waals surface area contributed by atoms with Crippen LogP contribution in [0.4, 0.5) is 21.5 Å². The molecule has 0 bridgehead atoms. The number of amides is 1. The molecule has 0 saturated carbocycles. The van der Waals surface area contributed by atoms with Crippen LogP contribution in [0.25, 0.3) is 21.8 Å². The standard InChI is InChI=1S/C27H19FN4O2/c1-27(25(33)20-13-16-15-7-2-4-10-19(15)31-21(16)14-30-20)24-18(29)9-6-12-23(24)32(26(27)34)22-11-5-3-8-17(22)28/h2-14,31H,29H2,1H3/t27-/m0/s1. The number of nitrogen functional groups attached to an aromatic ring is 1. The molecular weight excluding hydrogens is 431 g/mol. The molecule has 1 atom stereocenters. The molecule has 3 heterocycles. The number of pyridine rings is 1. The molecule has 0 spiro atoms. The molecule has 0 radical (unpaired) electrons. The molecule has 0 unspecified atom stereocenters. The highest BCUT2D eigenvalue weighted by Gasteiger charge is 2.55. The molecule has 34 heavy (non-hydrogen) atoms. The number of anilines is 3. The van der Waals surface area contributed by atoms with Crippen LogP contribution in [-0.4, -0.2) is 21.7 Å². The van der Waals surface area contributed by atoms with Gasteiger partial charge in [-0.3, -0.25) is 19.5 Å². The van der Waals surface area contributed by atoms with Crippen molar-refractivity contribution in [3.05, 3.63) is 96.1 Å². The van der Waals surface area contributed by atoms with Crippen LogP contribution < -0.4 is 10.6 Å². The van der Waals surface area contributed by atoms with Gasteiger partial charge in [-0.15, -0.1) is 0 Å². The van der Waals surface area contributed by atoms with E-state index in [2.05, 4.69) is 9.97 Å². The highest BCUT2D eigenvalue weighted by Crippen LogP contribution is 2.50. The van der Waals surface area contributed by atoms with Crippen molar-refractivity contribution in [2.45, 2.75) is 12.3 Å². The van der Waals surface area contributed by atoms with Crippen molar-refractivity contribution >= 4 is 50.6 Å². The van der Waals surface area contributed by atoms with Gasteiger partial charge in [0.25, 0.3) is 0 Å². The summed E-state index contributed by atoms with van der Waals surface area (Å²) in [6.45, 7) is 1.54. The summed E-state index contributed by atoms with van der Waals surface area (Å²) in [5, 5.41) is 1.78. The van der Waals surface area contributed by atoms with Gasteiger partial charge in [-0.1, -0.05) is 36.4 Å². The van der Waals surface area contributed by atoms with E-state index in [1.54, 1.807) is 42.6 Å². The third kappa shape index (κ3) is 2.58. The average molecular weight is 450 g/mol. The van der Waals surface area contributed by atoms with E-state index in [9.17, 15) is 14.0 Å². The van der Waals surface area contributed by atoms with Crippen LogP contribution in [0.5, 0.6) is 0 Å². The minimum atomic E-state index is -1.67. The number of carbonyl (C=O) groups is 2. The molecule has 5 aromatic rings. The second-order valence-electron chi connectivity index (χ2n) is 8.57. The Bertz CT molecular complexity index is 1660. The Morgan fingerprint density at radius 3 is 2.53 bits per heavy atom. The highest BCUT2D eigenvalue weighted by atomic mass is 19.1. The normalized spacial score (nSPS) is 17.5. The zero-order valence-electron chi connectivity index (χ0n) is 18.2. The molecule has 0 aliphatic carbocycles. The number of Topliss-reactive ketones (excluding diaryl/α,β-unsaturated/α-hetero) is 1. The van der Waals surface area contributed by atoms with E-state index in [4.69, 9.17) is 5.73 Å². The van der Waals surface area contributed by atoms with Gasteiger partial charge in [-0.2, -0.15) is 0 Å². The third-order valence-corrected chi connectivity index (χ3v) is 6.62. The van der Waals surface area contributed by atoms with Crippen LogP contribution in [0.3, 0.4) is 0 Å². The number of nitrogens with zero attached hydrogens (tertiary/aromatic N) is 2. The number of ketones is 1. The number of para-hydroxylation sites is 2. The lowest BCUT2D eigenvalue weighted by atomic mass is 9.77. The van der Waals surface area contributed by atoms with Gasteiger partial charge in [0.05, 0.1) is 23.1 Å². The molecule has 7 heteroatoms. The topological polar surface area (TPSA) is 92.1 Å². The number of nitrogens with two attached hydrogens (primary N) is 1. The van der Waals surface area contributed by atoms with Crippen molar-refractivity contribution < 1.29 is 14.0 Å². The van der Waals surface area contributed by atoms with Gasteiger partial charge in [0.2, 0.25) is 11.7 Å². The number of benzene rings is 3. The van der Waals surface area contributed by atoms with E-state index >= 15 is 0 Å². The molecule has 1 amide bonds. The Morgan fingerprint density at radius 1 is 0.971 bits per heavy atom. The lowest BCUT2D eigenvalue weighted by molar-refractivity contribution is -0.120. The number of hydrogen-bond donors (Lipinski definition) is 2. The minimum absolute atomic E-state index is 0.0657. The van der Waals surface area contributed by atoms with Gasteiger partial charge in [0.1, 0.15) is 16.9 Å². The Labute approximate surface area is 193 Å². The van der Waals surface area contributed by atoms with E-state index in [0.717, 1.165) is 21.8 Å². The predicted molar refractivity (Wildman–Crippen MR) is 130 cm³/mol. The van der Waals surface area contributed by atoms with E-state index in [0.29, 0.717) is 11.3 Å². The van der Waals surface area contributed by atoms with Gasteiger partial charge in [-0.25, -0.2) is 4.39 Å². The van der Waals surface area contributed by atoms with Crippen LogP contribution in [0, 0.1) is 5.82 Å². The predicted octanol–water partition coefficient (Wildman–Crippen LogP) is 5.26. The molecule has 3 N–H and O–H groups in total. The molecule has 3 aromatic carbocycles. The first-order valence-electron chi connectivity index (χ1n) is 10.8. The van der Waals surface area contributed by atoms with Crippen molar-refractivity contribution in [2.75, 3.05) is 10.6 Å². The lowest BCUT2D eigenvalue weighted by Gasteiger charge is -2.23. The SMILES string of the molecule is C[C@]1(C(=O)c2cc3c(cn2)[nH]c2ccccc23)C(=O)N(c2ccccc2F)c2cccc(N)c21. The number of rotatable bonds is 3. The first kappa shape index (κ1) is 20.1. The molecule has 0 fully saturated rings. The molecular formula is C27H19FN4O2. The fourth-order valence-electron chi connectivity index (χ4n) is 4.94. The number of carbonyl (C=O) groups excluding carboxylic acids is 2. The number of halogens is 1. The first-order valence-corrected chi connectivity index (χ1v) is 10.8. The molecule has 6 nitrogen and oxygen atoms in total. The van der Waals surface area contributed by atoms with Crippen molar-refractivity contribution in [2.24, 2.45) is 0 Å². The zero-order valence-corrected chi connectivity index (χ0v) is 18.2. The average Bonchev–Trinajstić information content (AvgIpc) is 3.33. The second kappa shape index (κ2) is 6.99. The summed E-state index contributed by atoms with van der Waals surface area (Å²) in [6.07, 6.45) is 1.59. The van der Waals surface area contributed by atoms with Crippen LogP contribution in [0.2, 0.25) is 0 Å². The fourth-order valence-corrected chi connectivity index (χ4v) is 4.94. The molecule has 166 valence electrons. The number of aromatic amines is 1. The number of H-pyrrole nitrogens is 1. The van der Waals surface area contributed by atoms with E-state index in [1.807, 2.05) is 24.3 Å². The van der Waals surface area contributed by atoms with Crippen molar-refractivity contribution in [3.8, 4) is 0 Å².